The summed E-state index contributed by atoms with van der Waals surface area (Å²) in [5.74, 6) is 0.832. The van der Waals surface area contributed by atoms with Gasteiger partial charge in [-0.3, -0.25) is 14.9 Å². The Kier molecular flexibility index (Phi) is 6.95. The molecule has 0 N–H and O–H groups in total. The van der Waals surface area contributed by atoms with Crippen LogP contribution in [0.3, 0.4) is 0 Å². The van der Waals surface area contributed by atoms with Gasteiger partial charge in [-0.05, 0) is 30.7 Å². The van der Waals surface area contributed by atoms with Gasteiger partial charge >= 0.3 is 5.69 Å². The first-order valence-electron chi connectivity index (χ1n) is 8.24. The number of benzene rings is 2. The molecule has 0 fully saturated rings. The van der Waals surface area contributed by atoms with Crippen LogP contribution in [0.1, 0.15) is 36.5 Å². The first-order chi connectivity index (χ1) is 12.1. The third-order valence-corrected chi connectivity index (χ3v) is 3.51. The van der Waals surface area contributed by atoms with E-state index in [4.69, 9.17) is 9.47 Å². The van der Waals surface area contributed by atoms with Crippen LogP contribution >= 0.6 is 0 Å². The van der Waals surface area contributed by atoms with E-state index in [2.05, 4.69) is 0 Å². The highest BCUT2D eigenvalue weighted by Crippen LogP contribution is 2.28. The molecule has 0 spiro atoms. The molecule has 6 nitrogen and oxygen atoms in total. The van der Waals surface area contributed by atoms with Gasteiger partial charge in [0.2, 0.25) is 0 Å². The molecule has 25 heavy (non-hydrogen) atoms. The van der Waals surface area contributed by atoms with Crippen LogP contribution in [0.4, 0.5) is 5.69 Å². The van der Waals surface area contributed by atoms with Gasteiger partial charge in [0.25, 0.3) is 0 Å². The van der Waals surface area contributed by atoms with Crippen LogP contribution < -0.4 is 9.47 Å². The Morgan fingerprint density at radius 2 is 1.80 bits per heavy atom. The maximum Gasteiger partial charge on any atom is 0.311 e. The third kappa shape index (κ3) is 5.60. The minimum Gasteiger partial charge on any atom is -0.493 e. The fourth-order valence-corrected chi connectivity index (χ4v) is 2.27. The fraction of sp³-hybridized carbons (Fsp3) is 0.316. The van der Waals surface area contributed by atoms with E-state index >= 15 is 0 Å². The highest BCUT2D eigenvalue weighted by molar-refractivity contribution is 5.96. The zero-order valence-corrected chi connectivity index (χ0v) is 14.1. The van der Waals surface area contributed by atoms with Gasteiger partial charge in [-0.25, -0.2) is 0 Å². The molecular weight excluding hydrogens is 322 g/mol. The summed E-state index contributed by atoms with van der Waals surface area (Å²) in [6, 6.07) is 13.7. The van der Waals surface area contributed by atoms with Crippen molar-refractivity contribution in [3.05, 3.63) is 64.2 Å². The van der Waals surface area contributed by atoms with Gasteiger partial charge in [0, 0.05) is 24.5 Å². The molecule has 0 heterocycles. The second-order valence-corrected chi connectivity index (χ2v) is 5.48. The minimum atomic E-state index is -0.529. The Morgan fingerprint density at radius 3 is 2.48 bits per heavy atom. The molecule has 2 aromatic carbocycles. The normalized spacial score (nSPS) is 10.3. The molecule has 0 radical (unpaired) electrons. The largest absolute Gasteiger partial charge is 0.493 e. The maximum atomic E-state index is 11.9. The summed E-state index contributed by atoms with van der Waals surface area (Å²) < 4.78 is 11.0. The lowest BCUT2D eigenvalue weighted by Crippen LogP contribution is -2.07. The van der Waals surface area contributed by atoms with Crippen molar-refractivity contribution in [1.82, 2.24) is 0 Å². The number of ketones is 1. The summed E-state index contributed by atoms with van der Waals surface area (Å²) in [7, 11) is 0. The number of nitro groups is 1. The molecule has 0 saturated heterocycles. The van der Waals surface area contributed by atoms with Crippen molar-refractivity contribution in [3.8, 4) is 11.5 Å². The van der Waals surface area contributed by atoms with Gasteiger partial charge in [-0.2, -0.15) is 0 Å². The van der Waals surface area contributed by atoms with E-state index in [1.807, 2.05) is 37.3 Å². The number of nitro benzene ring substituents is 1. The highest BCUT2D eigenvalue weighted by atomic mass is 16.6. The minimum absolute atomic E-state index is 0.103. The number of Topliss-reactive ketones (excluding diaryl/α,β-unsaturated/α-hetero) is 1. The van der Waals surface area contributed by atoms with Crippen LogP contribution in [0.25, 0.3) is 0 Å². The van der Waals surface area contributed by atoms with Crippen LogP contribution in [0, 0.1) is 10.1 Å². The van der Waals surface area contributed by atoms with Crippen molar-refractivity contribution in [1.29, 1.82) is 0 Å². The molecule has 0 atom stereocenters. The number of nitrogens with zero attached hydrogens (tertiary/aromatic N) is 1. The number of para-hydroxylation sites is 1. The number of rotatable bonds is 10. The SMILES string of the molecule is CCCC(=O)c1ccc(OCCCOc2ccccc2)c([N+](=O)[O-])c1. The van der Waals surface area contributed by atoms with E-state index in [1.165, 1.54) is 12.1 Å². The highest BCUT2D eigenvalue weighted by Gasteiger charge is 2.18. The monoisotopic (exact) mass is 343 g/mol. The molecule has 2 rings (SSSR count). The van der Waals surface area contributed by atoms with E-state index < -0.39 is 4.92 Å². The second kappa shape index (κ2) is 9.42. The van der Waals surface area contributed by atoms with E-state index in [0.29, 0.717) is 31.4 Å². The smallest absolute Gasteiger partial charge is 0.311 e. The molecule has 6 heteroatoms. The number of ether oxygens (including phenoxy) is 2. The molecule has 0 amide bonds. The van der Waals surface area contributed by atoms with Crippen LogP contribution in [-0.4, -0.2) is 23.9 Å². The number of carbonyl (C=O) groups is 1. The van der Waals surface area contributed by atoms with Crippen LogP contribution in [0.5, 0.6) is 11.5 Å². The van der Waals surface area contributed by atoms with Crippen molar-refractivity contribution in [2.75, 3.05) is 13.2 Å². The maximum absolute atomic E-state index is 11.9. The van der Waals surface area contributed by atoms with Gasteiger partial charge in [0.1, 0.15) is 5.75 Å². The summed E-state index contributed by atoms with van der Waals surface area (Å²) >= 11 is 0. The van der Waals surface area contributed by atoms with Crippen LogP contribution in [-0.2, 0) is 0 Å². The molecule has 132 valence electrons. The average molecular weight is 343 g/mol. The van der Waals surface area contributed by atoms with Crippen LogP contribution in [0.15, 0.2) is 48.5 Å². The van der Waals surface area contributed by atoms with Gasteiger partial charge in [0.15, 0.2) is 11.5 Å². The molecular formula is C19H21NO5. The lowest BCUT2D eigenvalue weighted by molar-refractivity contribution is -0.385. The number of hydrogen-bond donors (Lipinski definition) is 0. The van der Waals surface area contributed by atoms with E-state index in [0.717, 1.165) is 5.75 Å². The second-order valence-electron chi connectivity index (χ2n) is 5.48. The van der Waals surface area contributed by atoms with Crippen molar-refractivity contribution >= 4 is 11.5 Å². The predicted molar refractivity (Wildman–Crippen MR) is 94.4 cm³/mol. The van der Waals surface area contributed by atoms with Gasteiger partial charge < -0.3 is 9.47 Å². The zero-order chi connectivity index (χ0) is 18.1. The molecule has 0 unspecified atom stereocenters. The summed E-state index contributed by atoms with van der Waals surface area (Å²) in [5, 5.41) is 11.2. The van der Waals surface area contributed by atoms with E-state index in [-0.39, 0.29) is 23.8 Å². The average Bonchev–Trinajstić information content (AvgIpc) is 2.62. The first-order valence-corrected chi connectivity index (χ1v) is 8.24. The summed E-state index contributed by atoms with van der Waals surface area (Å²) in [4.78, 5) is 22.6. The molecule has 0 aromatic heterocycles. The summed E-state index contributed by atoms with van der Waals surface area (Å²) in [6.45, 7) is 2.63. The van der Waals surface area contributed by atoms with Gasteiger partial charge in [0.05, 0.1) is 18.1 Å². The molecule has 0 saturated carbocycles. The van der Waals surface area contributed by atoms with Gasteiger partial charge in [-0.15, -0.1) is 0 Å². The van der Waals surface area contributed by atoms with Crippen LogP contribution in [0.2, 0.25) is 0 Å². The third-order valence-electron chi connectivity index (χ3n) is 3.51. The fourth-order valence-electron chi connectivity index (χ4n) is 2.27. The molecule has 0 aliphatic rings. The Hall–Kier alpha value is -2.89. The molecule has 0 bridgehead atoms. The predicted octanol–water partition coefficient (Wildman–Crippen LogP) is 4.43. The molecule has 0 aliphatic carbocycles. The van der Waals surface area contributed by atoms with E-state index in [9.17, 15) is 14.9 Å². The summed E-state index contributed by atoms with van der Waals surface area (Å²) in [5.41, 5.74) is 0.152. The Balaban J connectivity index is 1.90. The van der Waals surface area contributed by atoms with E-state index in [1.54, 1.807) is 6.07 Å². The topological polar surface area (TPSA) is 78.7 Å². The lowest BCUT2D eigenvalue weighted by atomic mass is 10.1. The Bertz CT molecular complexity index is 715. The zero-order valence-electron chi connectivity index (χ0n) is 14.1. The number of carbonyl (C=O) groups excluding carboxylic acids is 1. The Labute approximate surface area is 146 Å². The first kappa shape index (κ1) is 18.4. The standard InChI is InChI=1S/C19H21NO5/c1-2-7-18(21)15-10-11-19(17(14-15)20(22)23)25-13-6-12-24-16-8-4-3-5-9-16/h3-5,8-11,14H,2,6-7,12-13H2,1H3. The van der Waals surface area contributed by atoms with Crippen molar-refractivity contribution in [2.45, 2.75) is 26.2 Å². The molecule has 0 aliphatic heterocycles. The van der Waals surface area contributed by atoms with Crippen molar-refractivity contribution in [3.63, 3.8) is 0 Å². The number of hydrogen-bond acceptors (Lipinski definition) is 5. The van der Waals surface area contributed by atoms with Crippen molar-refractivity contribution < 1.29 is 19.2 Å². The van der Waals surface area contributed by atoms with Gasteiger partial charge in [-0.1, -0.05) is 25.1 Å². The van der Waals surface area contributed by atoms with Crippen molar-refractivity contribution in [2.24, 2.45) is 0 Å². The lowest BCUT2D eigenvalue weighted by Gasteiger charge is -2.09. The Morgan fingerprint density at radius 1 is 1.08 bits per heavy atom. The summed E-state index contributed by atoms with van der Waals surface area (Å²) in [6.07, 6.45) is 1.66. The molecule has 2 aromatic rings. The quantitative estimate of drug-likeness (QED) is 0.276.